The zero-order chi connectivity index (χ0) is 31.9. The summed E-state index contributed by atoms with van der Waals surface area (Å²) in [4.78, 5) is 41.8. The summed E-state index contributed by atoms with van der Waals surface area (Å²) in [5, 5.41) is 3.78. The van der Waals surface area contributed by atoms with Crippen molar-refractivity contribution in [3.05, 3.63) is 103 Å². The van der Waals surface area contributed by atoms with Crippen LogP contribution in [-0.4, -0.2) is 24.7 Å². The van der Waals surface area contributed by atoms with Gasteiger partial charge in [0.05, 0.1) is 27.5 Å². The van der Waals surface area contributed by atoms with E-state index in [1.165, 1.54) is 15.8 Å². The molecule has 0 aliphatic heterocycles. The molecule has 6 rings (SSSR count). The summed E-state index contributed by atoms with van der Waals surface area (Å²) in [5.74, 6) is -0.397. The van der Waals surface area contributed by atoms with Gasteiger partial charge in [-0.15, -0.1) is 0 Å². The van der Waals surface area contributed by atoms with Crippen molar-refractivity contribution >= 4 is 33.0 Å². The van der Waals surface area contributed by atoms with Crippen LogP contribution in [0, 0.1) is 0 Å². The Bertz CT molecular complexity index is 1960. The normalized spacial score (nSPS) is 12.2. The predicted octanol–water partition coefficient (Wildman–Crippen LogP) is 6.74. The molecule has 0 fully saturated rings. The number of nitrogens with one attached hydrogen (secondary N) is 4. The lowest BCUT2D eigenvalue weighted by molar-refractivity contribution is 0.550. The molecule has 4 N–H and O–H groups in total. The van der Waals surface area contributed by atoms with E-state index in [1.807, 2.05) is 48.5 Å². The summed E-state index contributed by atoms with van der Waals surface area (Å²) in [6.45, 7) is 19.3. The zero-order valence-electron chi connectivity index (χ0n) is 26.8. The van der Waals surface area contributed by atoms with Gasteiger partial charge in [0.2, 0.25) is 0 Å². The number of nitrogens with zero attached hydrogens (tertiary/aromatic N) is 1. The maximum atomic E-state index is 11.7. The summed E-state index contributed by atoms with van der Waals surface area (Å²) in [6, 6.07) is 17.8. The summed E-state index contributed by atoms with van der Waals surface area (Å²) in [7, 11) is 1.74. The summed E-state index contributed by atoms with van der Waals surface area (Å²) in [6.07, 6.45) is 0. The SMILES string of the molecule is CC(C)(C)c1ccc2[nH]c(=O)[nH]c2c1.CC(C)(C)c1ccc2[nH]c(=O)oc2c1.Cn1[nH]c2ccc(C(C)(C)C)cc2c1=O. The van der Waals surface area contributed by atoms with Crippen LogP contribution < -0.4 is 17.0 Å². The number of fused-ring (bicyclic) bond motifs is 3. The van der Waals surface area contributed by atoms with Crippen molar-refractivity contribution < 1.29 is 4.42 Å². The number of aromatic amines is 4. The van der Waals surface area contributed by atoms with Gasteiger partial charge in [-0.1, -0.05) is 80.5 Å². The Morgan fingerprint density at radius 3 is 1.65 bits per heavy atom. The lowest BCUT2D eigenvalue weighted by Crippen LogP contribution is -2.13. The van der Waals surface area contributed by atoms with Gasteiger partial charge in [0.25, 0.3) is 5.56 Å². The van der Waals surface area contributed by atoms with E-state index < -0.39 is 5.76 Å². The quantitative estimate of drug-likeness (QED) is 0.157. The van der Waals surface area contributed by atoms with Crippen molar-refractivity contribution in [2.24, 2.45) is 7.05 Å². The van der Waals surface area contributed by atoms with E-state index in [-0.39, 0.29) is 27.5 Å². The van der Waals surface area contributed by atoms with Crippen LogP contribution in [0.15, 0.2) is 73.4 Å². The van der Waals surface area contributed by atoms with Crippen LogP contribution in [0.5, 0.6) is 0 Å². The van der Waals surface area contributed by atoms with E-state index in [9.17, 15) is 14.4 Å². The van der Waals surface area contributed by atoms with E-state index in [0.29, 0.717) is 5.58 Å². The maximum Gasteiger partial charge on any atom is 0.417 e. The van der Waals surface area contributed by atoms with Crippen molar-refractivity contribution in [3.8, 4) is 0 Å². The minimum absolute atomic E-state index is 0.0381. The van der Waals surface area contributed by atoms with Crippen LogP contribution in [-0.2, 0) is 23.3 Å². The van der Waals surface area contributed by atoms with Gasteiger partial charge < -0.3 is 14.4 Å². The fourth-order valence-corrected chi connectivity index (χ4v) is 4.61. The third kappa shape index (κ3) is 7.28. The summed E-state index contributed by atoms with van der Waals surface area (Å²) in [5.41, 5.74) is 7.75. The van der Waals surface area contributed by atoms with Gasteiger partial charge in [-0.05, 0) is 69.3 Å². The van der Waals surface area contributed by atoms with Gasteiger partial charge >= 0.3 is 11.4 Å². The second-order valence-electron chi connectivity index (χ2n) is 14.1. The molecule has 3 aromatic carbocycles. The highest BCUT2D eigenvalue weighted by Crippen LogP contribution is 2.26. The molecule has 0 aliphatic carbocycles. The number of aromatic nitrogens is 5. The first-order valence-electron chi connectivity index (χ1n) is 14.4. The minimum atomic E-state index is -0.397. The van der Waals surface area contributed by atoms with E-state index >= 15 is 0 Å². The van der Waals surface area contributed by atoms with Crippen LogP contribution >= 0.6 is 0 Å². The third-order valence-corrected chi connectivity index (χ3v) is 7.38. The highest BCUT2D eigenvalue weighted by Gasteiger charge is 2.16. The molecule has 0 saturated heterocycles. The second kappa shape index (κ2) is 11.3. The lowest BCUT2D eigenvalue weighted by Gasteiger charge is -2.18. The molecule has 9 nitrogen and oxygen atoms in total. The van der Waals surface area contributed by atoms with Crippen LogP contribution in [0.3, 0.4) is 0 Å². The molecule has 6 aromatic rings. The van der Waals surface area contributed by atoms with Crippen LogP contribution in [0.2, 0.25) is 0 Å². The molecule has 0 spiro atoms. The van der Waals surface area contributed by atoms with Crippen molar-refractivity contribution in [3.63, 3.8) is 0 Å². The number of benzene rings is 3. The average Bonchev–Trinajstić information content (AvgIpc) is 3.54. The number of imidazole rings is 1. The van der Waals surface area contributed by atoms with Gasteiger partial charge in [0.15, 0.2) is 5.58 Å². The molecule has 0 radical (unpaired) electrons. The number of H-pyrrole nitrogens is 4. The second-order valence-corrected chi connectivity index (χ2v) is 14.1. The van der Waals surface area contributed by atoms with E-state index in [1.54, 1.807) is 7.05 Å². The molecule has 0 amide bonds. The number of hydrogen-bond donors (Lipinski definition) is 4. The van der Waals surface area contributed by atoms with Crippen LogP contribution in [0.4, 0.5) is 0 Å². The molecule has 3 aromatic heterocycles. The Hall–Kier alpha value is -4.53. The number of oxazole rings is 1. The minimum Gasteiger partial charge on any atom is -0.408 e. The molecule has 3 heterocycles. The Kier molecular flexibility index (Phi) is 8.24. The molecule has 0 unspecified atom stereocenters. The fourth-order valence-electron chi connectivity index (χ4n) is 4.61. The molecule has 9 heteroatoms. The van der Waals surface area contributed by atoms with Crippen molar-refractivity contribution in [2.45, 2.75) is 78.6 Å². The van der Waals surface area contributed by atoms with Gasteiger partial charge in [-0.2, -0.15) is 0 Å². The number of hydrogen-bond acceptors (Lipinski definition) is 4. The van der Waals surface area contributed by atoms with Gasteiger partial charge in [-0.25, -0.2) is 9.59 Å². The van der Waals surface area contributed by atoms with Gasteiger partial charge in [0.1, 0.15) is 0 Å². The molecular weight excluding hydrogens is 542 g/mol. The van der Waals surface area contributed by atoms with Gasteiger partial charge in [-0.3, -0.25) is 19.6 Å². The maximum absolute atomic E-state index is 11.7. The Morgan fingerprint density at radius 2 is 1.07 bits per heavy atom. The smallest absolute Gasteiger partial charge is 0.408 e. The lowest BCUT2D eigenvalue weighted by atomic mass is 9.86. The number of rotatable bonds is 0. The molecule has 0 saturated carbocycles. The molecule has 228 valence electrons. The first kappa shape index (κ1) is 31.4. The first-order chi connectivity index (χ1) is 19.8. The Morgan fingerprint density at radius 1 is 0.581 bits per heavy atom. The molecule has 43 heavy (non-hydrogen) atoms. The molecule has 0 atom stereocenters. The highest BCUT2D eigenvalue weighted by atomic mass is 16.4. The average molecular weight is 586 g/mol. The van der Waals surface area contributed by atoms with E-state index in [4.69, 9.17) is 4.42 Å². The van der Waals surface area contributed by atoms with Crippen LogP contribution in [0.1, 0.15) is 79.0 Å². The van der Waals surface area contributed by atoms with E-state index in [0.717, 1.165) is 33.0 Å². The standard InChI is InChI=1S/C12H16N2O.C11H14N2O.C11H13NO2/c1-12(2,3)8-5-6-10-9(7-8)11(15)14(4)13-10;1-11(2,3)7-4-5-8-9(6-7)13-10(14)12-8;1-11(2,3)7-4-5-8-9(6-7)14-10(13)12-8/h5-7,13H,1-4H3;4-6H,1-3H3,(H2,12,13,14);4-6H,1-3H3,(H,12,13). The van der Waals surface area contributed by atoms with E-state index in [2.05, 4.69) is 88.4 Å². The van der Waals surface area contributed by atoms with Crippen molar-refractivity contribution in [1.82, 2.24) is 24.7 Å². The highest BCUT2D eigenvalue weighted by molar-refractivity contribution is 5.79. The molecule has 0 bridgehead atoms. The van der Waals surface area contributed by atoms with Crippen LogP contribution in [0.25, 0.3) is 33.0 Å². The van der Waals surface area contributed by atoms with Crippen molar-refractivity contribution in [2.75, 3.05) is 0 Å². The Balaban J connectivity index is 0.000000148. The van der Waals surface area contributed by atoms with Gasteiger partial charge in [0, 0.05) is 7.05 Å². The topological polar surface area (TPSA) is 132 Å². The van der Waals surface area contributed by atoms with Crippen molar-refractivity contribution in [1.29, 1.82) is 0 Å². The first-order valence-corrected chi connectivity index (χ1v) is 14.4. The summed E-state index contributed by atoms with van der Waals surface area (Å²) >= 11 is 0. The molecule has 0 aliphatic rings. The monoisotopic (exact) mass is 585 g/mol. The Labute approximate surface area is 250 Å². The summed E-state index contributed by atoms with van der Waals surface area (Å²) < 4.78 is 6.50. The fraction of sp³-hybridized carbons (Fsp3) is 0.382. The zero-order valence-corrected chi connectivity index (χ0v) is 26.8. The number of aryl methyl sites for hydroxylation is 1. The predicted molar refractivity (Wildman–Crippen MR) is 175 cm³/mol. The molecular formula is C34H43N5O4. The third-order valence-electron chi connectivity index (χ3n) is 7.38. The largest absolute Gasteiger partial charge is 0.417 e.